The monoisotopic (exact) mass is 479 g/mol. The SMILES string of the molecule is CCC1OC(CO)n2c3ccccc3c3c4c(c5c6ccccc6n1c5c32)C(=O)NC4.SCl. The zero-order valence-corrected chi connectivity index (χ0v) is 19.5. The number of benzene rings is 3. The van der Waals surface area contributed by atoms with Gasteiger partial charge >= 0.3 is 0 Å². The van der Waals surface area contributed by atoms with Crippen LogP contribution in [0, 0.1) is 0 Å². The number of halogens is 1. The molecular weight excluding hydrogens is 458 g/mol. The summed E-state index contributed by atoms with van der Waals surface area (Å²) in [6, 6.07) is 16.4. The van der Waals surface area contributed by atoms with E-state index in [0.717, 1.165) is 61.2 Å². The number of amides is 1. The van der Waals surface area contributed by atoms with E-state index in [4.69, 9.17) is 4.74 Å². The molecule has 0 saturated carbocycles. The fourth-order valence-corrected chi connectivity index (χ4v) is 5.82. The molecule has 4 heterocycles. The van der Waals surface area contributed by atoms with Crippen LogP contribution in [0.15, 0.2) is 48.5 Å². The van der Waals surface area contributed by atoms with E-state index in [9.17, 15) is 9.90 Å². The van der Waals surface area contributed by atoms with Gasteiger partial charge in [-0.15, -0.1) is 0 Å². The Hall–Kier alpha value is -2.71. The van der Waals surface area contributed by atoms with Crippen molar-refractivity contribution in [2.45, 2.75) is 32.3 Å². The Balaban J connectivity index is 0.00000101. The minimum Gasteiger partial charge on any atom is -0.392 e. The van der Waals surface area contributed by atoms with Gasteiger partial charge in [0.15, 0.2) is 6.23 Å². The second-order valence-electron chi connectivity index (χ2n) is 8.39. The number of aromatic nitrogens is 2. The number of nitrogens with one attached hydrogen (secondary N) is 1. The van der Waals surface area contributed by atoms with E-state index in [-0.39, 0.29) is 18.7 Å². The smallest absolute Gasteiger partial charge is 0.252 e. The Morgan fingerprint density at radius 3 is 2.21 bits per heavy atom. The molecule has 1 amide bonds. The van der Waals surface area contributed by atoms with Crippen molar-refractivity contribution in [2.24, 2.45) is 0 Å². The van der Waals surface area contributed by atoms with Crippen molar-refractivity contribution in [1.82, 2.24) is 14.5 Å². The average Bonchev–Trinajstić information content (AvgIpc) is 3.48. The molecule has 3 aromatic carbocycles. The highest BCUT2D eigenvalue weighted by Gasteiger charge is 2.36. The molecule has 0 spiro atoms. The number of fused-ring (bicyclic) bond motifs is 9. The lowest BCUT2D eigenvalue weighted by Crippen LogP contribution is -2.20. The summed E-state index contributed by atoms with van der Waals surface area (Å²) >= 11 is 3.00. The van der Waals surface area contributed by atoms with Crippen LogP contribution in [-0.2, 0) is 11.3 Å². The molecule has 0 bridgehead atoms. The summed E-state index contributed by atoms with van der Waals surface area (Å²) in [4.78, 5) is 13.1. The second-order valence-corrected chi connectivity index (χ2v) is 8.39. The number of aliphatic hydroxyl groups is 1. The Morgan fingerprint density at radius 1 is 1.00 bits per heavy atom. The Kier molecular flexibility index (Phi) is 4.85. The molecule has 0 radical (unpaired) electrons. The third-order valence-electron chi connectivity index (χ3n) is 6.95. The van der Waals surface area contributed by atoms with Crippen LogP contribution in [0.25, 0.3) is 43.6 Å². The molecule has 0 fully saturated rings. The number of hydrogen-bond acceptors (Lipinski definition) is 4. The number of hydrogen-bond donors (Lipinski definition) is 3. The van der Waals surface area contributed by atoms with E-state index < -0.39 is 6.23 Å². The van der Waals surface area contributed by atoms with E-state index in [0.29, 0.717) is 6.54 Å². The van der Waals surface area contributed by atoms with Gasteiger partial charge in [0.1, 0.15) is 6.23 Å². The first-order chi connectivity index (χ1) is 16.2. The molecular formula is C25H22ClN3O3S. The van der Waals surface area contributed by atoms with Gasteiger partial charge in [0.25, 0.3) is 5.91 Å². The molecule has 168 valence electrons. The molecule has 7 rings (SSSR count). The van der Waals surface area contributed by atoms with Crippen LogP contribution < -0.4 is 5.32 Å². The summed E-state index contributed by atoms with van der Waals surface area (Å²) < 4.78 is 10.9. The van der Waals surface area contributed by atoms with Crippen LogP contribution in [0.4, 0.5) is 0 Å². The van der Waals surface area contributed by atoms with E-state index in [1.165, 1.54) is 0 Å². The minimum atomic E-state index is -0.502. The fourth-order valence-electron chi connectivity index (χ4n) is 5.82. The maximum Gasteiger partial charge on any atom is 0.252 e. The van der Waals surface area contributed by atoms with Crippen LogP contribution in [0.2, 0.25) is 0 Å². The number of para-hydroxylation sites is 2. The van der Waals surface area contributed by atoms with Crippen LogP contribution in [-0.4, -0.2) is 26.8 Å². The summed E-state index contributed by atoms with van der Waals surface area (Å²) in [7, 11) is 4.33. The normalized spacial score (nSPS) is 19.2. The Morgan fingerprint density at radius 2 is 1.58 bits per heavy atom. The highest BCUT2D eigenvalue weighted by atomic mass is 35.7. The maximum absolute atomic E-state index is 13.1. The van der Waals surface area contributed by atoms with Gasteiger partial charge < -0.3 is 24.3 Å². The van der Waals surface area contributed by atoms with E-state index in [1.807, 2.05) is 24.3 Å². The van der Waals surface area contributed by atoms with Gasteiger partial charge in [0.2, 0.25) is 0 Å². The molecule has 8 heteroatoms. The minimum absolute atomic E-state index is 0.0199. The highest BCUT2D eigenvalue weighted by Crippen LogP contribution is 2.49. The number of thiol groups is 1. The molecule has 6 nitrogen and oxygen atoms in total. The number of aliphatic hydroxyl groups excluding tert-OH is 1. The number of rotatable bonds is 2. The molecule has 0 aliphatic carbocycles. The molecule has 2 aromatic heterocycles. The molecule has 2 atom stereocenters. The van der Waals surface area contributed by atoms with Gasteiger partial charge in [-0.1, -0.05) is 55.2 Å². The molecule has 33 heavy (non-hydrogen) atoms. The number of nitrogens with zero attached hydrogens (tertiary/aromatic N) is 2. The van der Waals surface area contributed by atoms with Gasteiger partial charge in [0, 0.05) is 28.1 Å². The van der Waals surface area contributed by atoms with E-state index in [1.54, 1.807) is 0 Å². The van der Waals surface area contributed by atoms with Crippen molar-refractivity contribution < 1.29 is 14.6 Å². The van der Waals surface area contributed by atoms with Gasteiger partial charge in [-0.25, -0.2) is 0 Å². The van der Waals surface area contributed by atoms with Gasteiger partial charge in [-0.2, -0.15) is 0 Å². The summed E-state index contributed by atoms with van der Waals surface area (Å²) in [6.07, 6.45) is -0.00101. The van der Waals surface area contributed by atoms with Crippen LogP contribution >= 0.6 is 22.5 Å². The van der Waals surface area contributed by atoms with Crippen molar-refractivity contribution >= 4 is 72.0 Å². The lowest BCUT2D eigenvalue weighted by atomic mass is 9.97. The predicted octanol–water partition coefficient (Wildman–Crippen LogP) is 5.65. The van der Waals surface area contributed by atoms with E-state index >= 15 is 0 Å². The van der Waals surface area contributed by atoms with Gasteiger partial charge in [-0.05, 0) is 34.8 Å². The summed E-state index contributed by atoms with van der Waals surface area (Å²) in [5.41, 5.74) is 5.94. The largest absolute Gasteiger partial charge is 0.392 e. The van der Waals surface area contributed by atoms with Crippen LogP contribution in [0.3, 0.4) is 0 Å². The Bertz CT molecular complexity index is 1590. The molecule has 2 aliphatic rings. The lowest BCUT2D eigenvalue weighted by Gasteiger charge is -2.24. The molecule has 2 aliphatic heterocycles. The lowest BCUT2D eigenvalue weighted by molar-refractivity contribution is -0.103. The zero-order chi connectivity index (χ0) is 22.9. The van der Waals surface area contributed by atoms with Crippen LogP contribution in [0.5, 0.6) is 0 Å². The number of carbonyl (C=O) groups excluding carboxylic acids is 1. The second kappa shape index (κ2) is 7.67. The average molecular weight is 480 g/mol. The quantitative estimate of drug-likeness (QED) is 0.287. The zero-order valence-electron chi connectivity index (χ0n) is 17.9. The van der Waals surface area contributed by atoms with E-state index in [2.05, 4.69) is 68.2 Å². The molecule has 0 saturated heterocycles. The summed E-state index contributed by atoms with van der Waals surface area (Å²) in [5, 5.41) is 17.6. The first-order valence-corrected chi connectivity index (χ1v) is 12.3. The number of ether oxygens (including phenoxy) is 1. The standard InChI is InChI=1S/C25H21N3O3.ClHS/c1-2-18-27-17-10-6-4-8-14(17)21-22-15(11-26-25(22)30)20-13-7-3-5-9-16(13)28(19(12-29)31-18)23(20)24(21)27;1-2/h3-10,18-19,29H,2,11-12H2,1H3,(H,26,30);2H. The molecule has 5 aromatic rings. The molecule has 2 unspecified atom stereocenters. The van der Waals surface area contributed by atoms with Gasteiger partial charge in [-0.3, -0.25) is 4.79 Å². The highest BCUT2D eigenvalue weighted by molar-refractivity contribution is 8.05. The molecule has 2 N–H and O–H groups in total. The van der Waals surface area contributed by atoms with Crippen LogP contribution in [0.1, 0.15) is 41.7 Å². The third-order valence-corrected chi connectivity index (χ3v) is 6.95. The predicted molar refractivity (Wildman–Crippen MR) is 135 cm³/mol. The summed E-state index contributed by atoms with van der Waals surface area (Å²) in [5.74, 6) is -0.0199. The van der Waals surface area contributed by atoms with Gasteiger partial charge in [0.05, 0.1) is 34.2 Å². The summed E-state index contributed by atoms with van der Waals surface area (Å²) in [6.45, 7) is 2.48. The first-order valence-electron chi connectivity index (χ1n) is 11.0. The topological polar surface area (TPSA) is 68.4 Å². The first kappa shape index (κ1) is 20.9. The van der Waals surface area contributed by atoms with Crippen molar-refractivity contribution in [3.63, 3.8) is 0 Å². The number of carbonyl (C=O) groups is 1. The van der Waals surface area contributed by atoms with Crippen molar-refractivity contribution in [3.8, 4) is 0 Å². The Labute approximate surface area is 199 Å². The maximum atomic E-state index is 13.1. The fraction of sp³-hybridized carbons (Fsp3) is 0.240. The van der Waals surface area contributed by atoms with Crippen molar-refractivity contribution in [3.05, 3.63) is 59.7 Å². The van der Waals surface area contributed by atoms with Crippen molar-refractivity contribution in [2.75, 3.05) is 6.61 Å². The van der Waals surface area contributed by atoms with Crippen molar-refractivity contribution in [1.29, 1.82) is 0 Å². The third kappa shape index (κ3) is 2.56.